The second-order valence-corrected chi connectivity index (χ2v) is 7.75. The summed E-state index contributed by atoms with van der Waals surface area (Å²) in [5.41, 5.74) is 3.29. The van der Waals surface area contributed by atoms with Gasteiger partial charge in [-0.1, -0.05) is 73.5 Å². The van der Waals surface area contributed by atoms with E-state index in [0.29, 0.717) is 30.0 Å². The number of aromatic nitrogens is 2. The number of hydrogen-bond donors (Lipinski definition) is 1. The predicted octanol–water partition coefficient (Wildman–Crippen LogP) is 6.03. The van der Waals surface area contributed by atoms with E-state index in [9.17, 15) is 9.90 Å². The summed E-state index contributed by atoms with van der Waals surface area (Å²) in [5.74, 6) is 0.0577. The number of aryl methyl sites for hydroxylation is 2. The van der Waals surface area contributed by atoms with E-state index in [0.717, 1.165) is 41.9 Å². The minimum Gasteiger partial charge on any atom is -0.478 e. The Kier molecular flexibility index (Phi) is 7.86. The first kappa shape index (κ1) is 21.8. The lowest BCUT2D eigenvalue weighted by Gasteiger charge is -2.12. The number of hydrogen-bond acceptors (Lipinski definition) is 2. The highest BCUT2D eigenvalue weighted by molar-refractivity contribution is 6.31. The van der Waals surface area contributed by atoms with Crippen molar-refractivity contribution in [2.45, 2.75) is 45.6 Å². The topological polar surface area (TPSA) is 55.1 Å². The molecule has 0 spiro atoms. The normalized spacial score (nSPS) is 11.6. The molecule has 1 heterocycles. The molecule has 156 valence electrons. The number of unbranched alkanes of at least 4 members (excludes halogenated alkanes) is 1. The van der Waals surface area contributed by atoms with Crippen molar-refractivity contribution in [3.8, 4) is 0 Å². The highest BCUT2D eigenvalue weighted by Crippen LogP contribution is 2.21. The van der Waals surface area contributed by atoms with Gasteiger partial charge in [0.1, 0.15) is 5.82 Å². The first-order valence-corrected chi connectivity index (χ1v) is 10.7. The maximum Gasteiger partial charge on any atom is 0.331 e. The molecule has 30 heavy (non-hydrogen) atoms. The predicted molar refractivity (Wildman–Crippen MR) is 122 cm³/mol. The van der Waals surface area contributed by atoms with Crippen molar-refractivity contribution in [2.24, 2.45) is 0 Å². The van der Waals surface area contributed by atoms with Gasteiger partial charge < -0.3 is 9.67 Å². The number of carboxylic acid groups (broad SMARTS) is 1. The van der Waals surface area contributed by atoms with Crippen molar-refractivity contribution in [2.75, 3.05) is 0 Å². The number of aliphatic carboxylic acids is 1. The first-order valence-electron chi connectivity index (χ1n) is 10.3. The summed E-state index contributed by atoms with van der Waals surface area (Å²) in [6, 6.07) is 17.7. The molecule has 0 aliphatic carbocycles. The van der Waals surface area contributed by atoms with Gasteiger partial charge in [0.15, 0.2) is 0 Å². The van der Waals surface area contributed by atoms with Crippen LogP contribution in [0.15, 0.2) is 66.4 Å². The van der Waals surface area contributed by atoms with E-state index in [-0.39, 0.29) is 0 Å². The molecule has 0 unspecified atom stereocenters. The Balaban J connectivity index is 1.90. The number of benzene rings is 2. The zero-order chi connectivity index (χ0) is 21.3. The highest BCUT2D eigenvalue weighted by Gasteiger charge is 2.14. The van der Waals surface area contributed by atoms with Crippen LogP contribution in [0.4, 0.5) is 0 Å². The second-order valence-electron chi connectivity index (χ2n) is 7.34. The summed E-state index contributed by atoms with van der Waals surface area (Å²) >= 11 is 6.38. The van der Waals surface area contributed by atoms with Crippen LogP contribution in [0.5, 0.6) is 0 Å². The van der Waals surface area contributed by atoms with E-state index in [4.69, 9.17) is 11.6 Å². The fourth-order valence-electron chi connectivity index (χ4n) is 3.40. The van der Waals surface area contributed by atoms with Gasteiger partial charge in [-0.2, -0.15) is 0 Å². The van der Waals surface area contributed by atoms with Crippen LogP contribution >= 0.6 is 11.6 Å². The Morgan fingerprint density at radius 1 is 1.10 bits per heavy atom. The number of nitrogens with zero attached hydrogens (tertiary/aromatic N) is 2. The van der Waals surface area contributed by atoms with Gasteiger partial charge in [-0.3, -0.25) is 0 Å². The molecule has 0 aliphatic rings. The van der Waals surface area contributed by atoms with Gasteiger partial charge in [0.2, 0.25) is 0 Å². The molecule has 0 amide bonds. The Hall–Kier alpha value is -2.85. The van der Waals surface area contributed by atoms with Gasteiger partial charge in [0.25, 0.3) is 0 Å². The van der Waals surface area contributed by atoms with Crippen molar-refractivity contribution < 1.29 is 9.90 Å². The van der Waals surface area contributed by atoms with Gasteiger partial charge in [-0.05, 0) is 42.5 Å². The maximum absolute atomic E-state index is 11.9. The fourth-order valence-corrected chi connectivity index (χ4v) is 3.60. The third-order valence-electron chi connectivity index (χ3n) is 5.13. The first-order chi connectivity index (χ1) is 14.6. The van der Waals surface area contributed by atoms with Crippen LogP contribution < -0.4 is 0 Å². The minimum atomic E-state index is -0.897. The van der Waals surface area contributed by atoms with Crippen LogP contribution in [0.2, 0.25) is 5.02 Å². The molecule has 1 N–H and O–H groups in total. The van der Waals surface area contributed by atoms with Gasteiger partial charge in [0, 0.05) is 17.0 Å². The molecule has 0 fully saturated rings. The quantitative estimate of drug-likeness (QED) is 0.406. The van der Waals surface area contributed by atoms with Crippen LogP contribution in [0.25, 0.3) is 6.08 Å². The Labute approximate surface area is 182 Å². The van der Waals surface area contributed by atoms with Gasteiger partial charge in [-0.25, -0.2) is 9.78 Å². The van der Waals surface area contributed by atoms with Crippen molar-refractivity contribution in [3.05, 3.63) is 94.0 Å². The molecule has 0 saturated carbocycles. The largest absolute Gasteiger partial charge is 0.478 e. The van der Waals surface area contributed by atoms with Crippen molar-refractivity contribution in [3.63, 3.8) is 0 Å². The third-order valence-corrected chi connectivity index (χ3v) is 5.50. The number of imidazole rings is 1. The molecule has 5 heteroatoms. The Bertz CT molecular complexity index is 1010. The zero-order valence-corrected chi connectivity index (χ0v) is 18.0. The number of halogens is 1. The molecule has 3 aromatic rings. The second kappa shape index (κ2) is 10.8. The zero-order valence-electron chi connectivity index (χ0n) is 17.2. The Morgan fingerprint density at radius 2 is 1.83 bits per heavy atom. The molecule has 3 rings (SSSR count). The monoisotopic (exact) mass is 422 g/mol. The average molecular weight is 423 g/mol. The van der Waals surface area contributed by atoms with Gasteiger partial charge >= 0.3 is 5.97 Å². The van der Waals surface area contributed by atoms with Gasteiger partial charge in [-0.15, -0.1) is 0 Å². The molecule has 1 aromatic heterocycles. The van der Waals surface area contributed by atoms with Crippen LogP contribution in [0.1, 0.15) is 48.8 Å². The van der Waals surface area contributed by atoms with Crippen LogP contribution in [0, 0.1) is 0 Å². The lowest BCUT2D eigenvalue weighted by Crippen LogP contribution is -2.09. The molecule has 0 saturated heterocycles. The number of carboxylic acids is 1. The van der Waals surface area contributed by atoms with E-state index in [2.05, 4.69) is 16.5 Å². The average Bonchev–Trinajstić information content (AvgIpc) is 3.12. The number of rotatable bonds is 10. The van der Waals surface area contributed by atoms with E-state index in [1.165, 1.54) is 0 Å². The SMILES string of the molecule is CCCCc1ncc(/C=C(\CCc2ccccc2)C(=O)O)n1Cc1ccccc1Cl. The molecule has 0 radical (unpaired) electrons. The van der Waals surface area contributed by atoms with Crippen molar-refractivity contribution in [1.82, 2.24) is 9.55 Å². The molecular weight excluding hydrogens is 396 g/mol. The number of carbonyl (C=O) groups is 1. The lowest BCUT2D eigenvalue weighted by molar-refractivity contribution is -0.132. The van der Waals surface area contributed by atoms with E-state index >= 15 is 0 Å². The van der Waals surface area contributed by atoms with Crippen molar-refractivity contribution in [1.29, 1.82) is 0 Å². The molecule has 0 atom stereocenters. The van der Waals surface area contributed by atoms with Crippen molar-refractivity contribution >= 4 is 23.6 Å². The maximum atomic E-state index is 11.9. The summed E-state index contributed by atoms with van der Waals surface area (Å²) in [6.45, 7) is 2.71. The highest BCUT2D eigenvalue weighted by atomic mass is 35.5. The molecule has 0 bridgehead atoms. The fraction of sp³-hybridized carbons (Fsp3) is 0.280. The summed E-state index contributed by atoms with van der Waals surface area (Å²) in [5, 5.41) is 10.5. The summed E-state index contributed by atoms with van der Waals surface area (Å²) in [4.78, 5) is 16.5. The third kappa shape index (κ3) is 5.83. The molecular formula is C25H27ClN2O2. The van der Waals surface area contributed by atoms with E-state index < -0.39 is 5.97 Å². The lowest BCUT2D eigenvalue weighted by atomic mass is 10.0. The minimum absolute atomic E-state index is 0.376. The van der Waals surface area contributed by atoms with E-state index in [1.807, 2.05) is 54.6 Å². The van der Waals surface area contributed by atoms with Crippen LogP contribution in [-0.4, -0.2) is 20.6 Å². The summed E-state index contributed by atoms with van der Waals surface area (Å²) < 4.78 is 2.09. The summed E-state index contributed by atoms with van der Waals surface area (Å²) in [6.07, 6.45) is 7.62. The van der Waals surface area contributed by atoms with E-state index in [1.54, 1.807) is 12.3 Å². The Morgan fingerprint density at radius 3 is 2.53 bits per heavy atom. The van der Waals surface area contributed by atoms with Crippen LogP contribution in [0.3, 0.4) is 0 Å². The standard InChI is InChI=1S/C25H27ClN2O2/c1-2-3-13-24-27-17-22(28(24)18-21-11-7-8-12-23(21)26)16-20(25(29)30)15-14-19-9-5-4-6-10-19/h4-12,16-17H,2-3,13-15,18H2,1H3,(H,29,30)/b20-16+. The smallest absolute Gasteiger partial charge is 0.331 e. The van der Waals surface area contributed by atoms with Gasteiger partial charge in [0.05, 0.1) is 18.4 Å². The summed E-state index contributed by atoms with van der Waals surface area (Å²) in [7, 11) is 0. The van der Waals surface area contributed by atoms with Crippen LogP contribution in [-0.2, 0) is 24.2 Å². The molecule has 2 aromatic carbocycles. The molecule has 4 nitrogen and oxygen atoms in total. The molecule has 0 aliphatic heterocycles.